The van der Waals surface area contributed by atoms with Crippen molar-refractivity contribution >= 4 is 16.9 Å². The molecule has 4 unspecified atom stereocenters. The van der Waals surface area contributed by atoms with Gasteiger partial charge in [-0.05, 0) is 48.8 Å². The molecule has 3 aliphatic heterocycles. The van der Waals surface area contributed by atoms with E-state index in [-0.39, 0.29) is 17.9 Å². The zero-order valence-electron chi connectivity index (χ0n) is 14.9. The third kappa shape index (κ3) is 1.92. The lowest BCUT2D eigenvalue weighted by Crippen LogP contribution is -2.67. The number of benzene rings is 1. The van der Waals surface area contributed by atoms with Gasteiger partial charge in [0.1, 0.15) is 5.41 Å². The Morgan fingerprint density at radius 2 is 2.27 bits per heavy atom. The smallest absolute Gasteiger partial charge is 0.319 e. The lowest BCUT2D eigenvalue weighted by Gasteiger charge is -2.57. The van der Waals surface area contributed by atoms with Gasteiger partial charge in [0.2, 0.25) is 0 Å². The molecule has 136 valence electrons. The summed E-state index contributed by atoms with van der Waals surface area (Å²) in [5.74, 6) is 0.435. The third-order valence-corrected chi connectivity index (χ3v) is 6.80. The molecule has 1 aromatic carbocycles. The number of piperidine rings is 2. The monoisotopic (exact) mass is 352 g/mol. The molecular formula is C21H24N2O3. The summed E-state index contributed by atoms with van der Waals surface area (Å²) in [6.07, 6.45) is 5.78. The van der Waals surface area contributed by atoms with Crippen LogP contribution < -0.4 is 0 Å². The molecule has 5 nitrogen and oxygen atoms in total. The number of ether oxygens (including phenoxy) is 1. The maximum absolute atomic E-state index is 13.3. The van der Waals surface area contributed by atoms with Crippen molar-refractivity contribution in [3.63, 3.8) is 0 Å². The van der Waals surface area contributed by atoms with Gasteiger partial charge in [0.05, 0.1) is 13.4 Å². The maximum Gasteiger partial charge on any atom is 0.319 e. The molecule has 3 fully saturated rings. The Bertz CT molecular complexity index is 902. The minimum Gasteiger partial charge on any atom is -0.516 e. The van der Waals surface area contributed by atoms with Crippen LogP contribution in [0.2, 0.25) is 0 Å². The zero-order valence-corrected chi connectivity index (χ0v) is 14.9. The number of esters is 1. The normalized spacial score (nSPS) is 35.4. The van der Waals surface area contributed by atoms with Gasteiger partial charge < -0.3 is 14.8 Å². The highest BCUT2D eigenvalue weighted by Crippen LogP contribution is 2.55. The van der Waals surface area contributed by atoms with Crippen LogP contribution in [0.1, 0.15) is 24.1 Å². The van der Waals surface area contributed by atoms with Gasteiger partial charge in [-0.25, -0.2) is 0 Å². The molecule has 4 heterocycles. The molecule has 26 heavy (non-hydrogen) atoms. The Labute approximate surface area is 152 Å². The third-order valence-electron chi connectivity index (χ3n) is 6.80. The second kappa shape index (κ2) is 5.61. The number of H-pyrrole nitrogens is 1. The first-order valence-electron chi connectivity index (χ1n) is 9.42. The molecular weight excluding hydrogens is 328 g/mol. The van der Waals surface area contributed by atoms with Gasteiger partial charge in [-0.15, -0.1) is 0 Å². The predicted molar refractivity (Wildman–Crippen MR) is 99.0 cm³/mol. The number of methoxy groups -OCH3 is 1. The molecule has 0 amide bonds. The summed E-state index contributed by atoms with van der Waals surface area (Å²) in [5, 5.41) is 10.7. The van der Waals surface area contributed by atoms with E-state index >= 15 is 0 Å². The number of aromatic nitrogens is 1. The van der Waals surface area contributed by atoms with Crippen molar-refractivity contribution in [2.45, 2.75) is 30.7 Å². The number of aliphatic hydroxyl groups excluding tert-OH is 1. The highest BCUT2D eigenvalue weighted by Gasteiger charge is 2.62. The minimum atomic E-state index is -0.690. The lowest BCUT2D eigenvalue weighted by atomic mass is 9.57. The van der Waals surface area contributed by atoms with E-state index in [4.69, 9.17) is 4.74 Å². The first-order valence-corrected chi connectivity index (χ1v) is 9.42. The average Bonchev–Trinajstić information content (AvgIpc) is 3.00. The van der Waals surface area contributed by atoms with Crippen molar-refractivity contribution < 1.29 is 14.6 Å². The first-order chi connectivity index (χ1) is 12.7. The fourth-order valence-corrected chi connectivity index (χ4v) is 6.06. The summed E-state index contributed by atoms with van der Waals surface area (Å²) in [7, 11) is 1.49. The first kappa shape index (κ1) is 15.9. The Kier molecular flexibility index (Phi) is 3.44. The number of carbonyl (C=O) groups excluding carboxylic acids is 1. The van der Waals surface area contributed by atoms with E-state index in [1.807, 2.05) is 12.1 Å². The summed E-state index contributed by atoms with van der Waals surface area (Å²) in [6, 6.07) is 8.34. The second-order valence-electron chi connectivity index (χ2n) is 7.99. The Morgan fingerprint density at radius 1 is 1.42 bits per heavy atom. The molecule has 5 heteroatoms. The van der Waals surface area contributed by atoms with Gasteiger partial charge >= 0.3 is 5.97 Å². The molecule has 2 aromatic rings. The number of hydrogen-bond acceptors (Lipinski definition) is 4. The Morgan fingerprint density at radius 3 is 3.08 bits per heavy atom. The Balaban J connectivity index is 1.80. The van der Waals surface area contributed by atoms with E-state index in [0.717, 1.165) is 49.8 Å². The van der Waals surface area contributed by atoms with E-state index in [1.54, 1.807) is 0 Å². The predicted octanol–water partition coefficient (Wildman–Crippen LogP) is 2.92. The highest BCUT2D eigenvalue weighted by atomic mass is 16.5. The Hall–Kier alpha value is -2.27. The van der Waals surface area contributed by atoms with E-state index in [9.17, 15) is 9.90 Å². The van der Waals surface area contributed by atoms with Gasteiger partial charge in [0.15, 0.2) is 0 Å². The van der Waals surface area contributed by atoms with E-state index < -0.39 is 5.41 Å². The fourth-order valence-electron chi connectivity index (χ4n) is 6.06. The largest absolute Gasteiger partial charge is 0.516 e. The molecule has 1 aromatic heterocycles. The summed E-state index contributed by atoms with van der Waals surface area (Å²) >= 11 is 0. The lowest BCUT2D eigenvalue weighted by molar-refractivity contribution is -0.160. The minimum absolute atomic E-state index is 0.0256. The number of nitrogens with zero attached hydrogens (tertiary/aromatic N) is 1. The molecule has 6 rings (SSSR count). The number of fused-ring (bicyclic) bond motifs is 4. The fraction of sp³-hybridized carbons (Fsp3) is 0.476. The van der Waals surface area contributed by atoms with Gasteiger partial charge in [0, 0.05) is 35.7 Å². The van der Waals surface area contributed by atoms with Crippen molar-refractivity contribution in [3.8, 4) is 0 Å². The maximum atomic E-state index is 13.3. The molecule has 4 bridgehead atoms. The van der Waals surface area contributed by atoms with Crippen LogP contribution in [0.15, 0.2) is 36.6 Å². The van der Waals surface area contributed by atoms with Gasteiger partial charge in [-0.2, -0.15) is 0 Å². The van der Waals surface area contributed by atoms with Crippen molar-refractivity contribution in [1.82, 2.24) is 9.88 Å². The van der Waals surface area contributed by atoms with Crippen LogP contribution in [-0.2, 0) is 21.4 Å². The number of hydrogen-bond donors (Lipinski definition) is 2. The molecule has 2 saturated heterocycles. The summed E-state index contributed by atoms with van der Waals surface area (Å²) < 4.78 is 5.38. The van der Waals surface area contributed by atoms with Gasteiger partial charge in [-0.1, -0.05) is 18.2 Å². The number of aliphatic hydroxyl groups is 1. The number of para-hydroxylation sites is 1. The van der Waals surface area contributed by atoms with Crippen LogP contribution in [-0.4, -0.2) is 47.2 Å². The van der Waals surface area contributed by atoms with Crippen LogP contribution >= 0.6 is 0 Å². The van der Waals surface area contributed by atoms with E-state index in [1.165, 1.54) is 18.1 Å². The highest BCUT2D eigenvalue weighted by molar-refractivity contribution is 5.91. The molecule has 1 aliphatic carbocycles. The molecule has 2 N–H and O–H groups in total. The molecule has 0 radical (unpaired) electrons. The topological polar surface area (TPSA) is 65.6 Å². The van der Waals surface area contributed by atoms with Crippen LogP contribution in [0.25, 0.3) is 10.9 Å². The van der Waals surface area contributed by atoms with Crippen molar-refractivity contribution in [2.75, 3.05) is 20.2 Å². The summed E-state index contributed by atoms with van der Waals surface area (Å²) in [6.45, 7) is 1.96. The number of carbonyl (C=O) groups is 1. The molecule has 1 saturated carbocycles. The number of rotatable bonds is 2. The quantitative estimate of drug-likeness (QED) is 0.644. The summed E-state index contributed by atoms with van der Waals surface area (Å²) in [4.78, 5) is 19.3. The van der Waals surface area contributed by atoms with Crippen LogP contribution in [0.4, 0.5) is 0 Å². The SMILES string of the molecule is COC(=O)[C@]12CC3CC(/C=C\O)C1N(CCc1c2[nH]c2ccccc12)C3. The number of aromatic amines is 1. The van der Waals surface area contributed by atoms with E-state index in [0.29, 0.717) is 5.92 Å². The van der Waals surface area contributed by atoms with E-state index in [2.05, 4.69) is 28.1 Å². The second-order valence-corrected chi connectivity index (χ2v) is 7.99. The average molecular weight is 352 g/mol. The van der Waals surface area contributed by atoms with Crippen LogP contribution in [0.3, 0.4) is 0 Å². The van der Waals surface area contributed by atoms with Crippen molar-refractivity contribution in [3.05, 3.63) is 47.9 Å². The van der Waals surface area contributed by atoms with Crippen molar-refractivity contribution in [2.24, 2.45) is 11.8 Å². The molecule has 4 aliphatic rings. The summed E-state index contributed by atoms with van der Waals surface area (Å²) in [5.41, 5.74) is 2.70. The van der Waals surface area contributed by atoms with Crippen molar-refractivity contribution in [1.29, 1.82) is 0 Å². The number of nitrogens with one attached hydrogen (secondary N) is 1. The van der Waals surface area contributed by atoms with Crippen LogP contribution in [0.5, 0.6) is 0 Å². The molecule has 0 spiro atoms. The standard InChI is InChI=1S/C21H24N2O3/c1-26-20(25)21-11-13-10-14(7-9-24)19(21)23(12-13)8-6-16-15-4-2-3-5-17(15)22-18(16)21/h2-5,7,9,13-14,19,22,24H,6,8,10-12H2,1H3/b9-7-/t13?,14?,19?,21-/m0/s1. The molecule has 5 atom stereocenters. The van der Waals surface area contributed by atoms with Gasteiger partial charge in [-0.3, -0.25) is 9.69 Å². The van der Waals surface area contributed by atoms with Gasteiger partial charge in [0.25, 0.3) is 0 Å². The zero-order chi connectivity index (χ0) is 17.9. The van der Waals surface area contributed by atoms with Crippen LogP contribution in [0, 0.1) is 11.8 Å².